The van der Waals surface area contributed by atoms with E-state index in [2.05, 4.69) is 4.98 Å². The molecule has 32 heavy (non-hydrogen) atoms. The maximum Gasteiger partial charge on any atom is 0.352 e. The summed E-state index contributed by atoms with van der Waals surface area (Å²) >= 11 is 12.0. The minimum Gasteiger partial charge on any atom is -0.489 e. The summed E-state index contributed by atoms with van der Waals surface area (Å²) in [6, 6.07) is 16.4. The lowest BCUT2D eigenvalue weighted by atomic mass is 10.2. The Morgan fingerprint density at radius 3 is 2.28 bits per heavy atom. The lowest BCUT2D eigenvalue weighted by molar-refractivity contribution is -0.140. The number of nitrogens with zero attached hydrogens (tertiary/aromatic N) is 1. The zero-order chi connectivity index (χ0) is 22.5. The van der Waals surface area contributed by atoms with Crippen molar-refractivity contribution in [3.8, 4) is 11.5 Å². The summed E-state index contributed by atoms with van der Waals surface area (Å²) in [4.78, 5) is 28.0. The zero-order valence-electron chi connectivity index (χ0n) is 16.4. The Morgan fingerprint density at radius 1 is 0.875 bits per heavy atom. The van der Waals surface area contributed by atoms with E-state index in [1.807, 2.05) is 0 Å². The van der Waals surface area contributed by atoms with Crippen LogP contribution in [-0.2, 0) is 16.1 Å². The summed E-state index contributed by atoms with van der Waals surface area (Å²) in [5.41, 5.74) is 2.03. The van der Waals surface area contributed by atoms with Crippen molar-refractivity contribution in [3.63, 3.8) is 0 Å². The fourth-order valence-corrected chi connectivity index (χ4v) is 3.38. The molecule has 0 atom stereocenters. The molecule has 0 radical (unpaired) electrons. The van der Waals surface area contributed by atoms with Crippen molar-refractivity contribution in [2.75, 3.05) is 6.61 Å². The molecule has 0 aliphatic heterocycles. The molecule has 0 saturated heterocycles. The van der Waals surface area contributed by atoms with Gasteiger partial charge in [-0.1, -0.05) is 23.2 Å². The average Bonchev–Trinajstić information content (AvgIpc) is 3.24. The third-order valence-corrected chi connectivity index (χ3v) is 4.72. The van der Waals surface area contributed by atoms with Crippen LogP contribution < -0.4 is 9.47 Å². The predicted octanol–water partition coefficient (Wildman–Crippen LogP) is 5.48. The van der Waals surface area contributed by atoms with Crippen LogP contribution in [0.2, 0.25) is 10.0 Å². The van der Waals surface area contributed by atoms with Crippen LogP contribution in [-0.4, -0.2) is 23.5 Å². The van der Waals surface area contributed by atoms with E-state index in [0.29, 0.717) is 32.6 Å². The molecule has 0 N–H and O–H groups in total. The van der Waals surface area contributed by atoms with Crippen LogP contribution in [0.25, 0.3) is 11.1 Å². The molecule has 1 heterocycles. The van der Waals surface area contributed by atoms with Gasteiger partial charge in [-0.05, 0) is 66.2 Å². The van der Waals surface area contributed by atoms with Gasteiger partial charge in [-0.15, -0.1) is 0 Å². The normalized spacial score (nSPS) is 10.7. The van der Waals surface area contributed by atoms with E-state index in [4.69, 9.17) is 41.8 Å². The molecule has 0 aliphatic rings. The maximum atomic E-state index is 12.1. The highest BCUT2D eigenvalue weighted by atomic mass is 35.5. The Labute approximate surface area is 192 Å². The number of fused-ring (bicyclic) bond motifs is 1. The molecule has 3 aromatic carbocycles. The highest BCUT2D eigenvalue weighted by Gasteiger charge is 2.15. The second-order valence-electron chi connectivity index (χ2n) is 6.62. The molecule has 162 valence electrons. The van der Waals surface area contributed by atoms with Crippen LogP contribution in [0.4, 0.5) is 0 Å². The highest BCUT2D eigenvalue weighted by Crippen LogP contribution is 2.22. The van der Waals surface area contributed by atoms with Crippen LogP contribution in [0.15, 0.2) is 71.5 Å². The van der Waals surface area contributed by atoms with Crippen molar-refractivity contribution >= 4 is 46.2 Å². The number of hydrogen-bond donors (Lipinski definition) is 0. The smallest absolute Gasteiger partial charge is 0.352 e. The first kappa shape index (κ1) is 21.7. The van der Waals surface area contributed by atoms with Gasteiger partial charge in [0.2, 0.25) is 0 Å². The lowest BCUT2D eigenvalue weighted by Crippen LogP contribution is -2.19. The third kappa shape index (κ3) is 5.57. The number of esters is 2. The summed E-state index contributed by atoms with van der Waals surface area (Å²) < 4.78 is 21.0. The molecule has 4 aromatic rings. The summed E-state index contributed by atoms with van der Waals surface area (Å²) in [7, 11) is 0. The minimum atomic E-state index is -0.826. The number of hydrogen-bond acceptors (Lipinski definition) is 7. The third-order valence-electron chi connectivity index (χ3n) is 4.28. The molecule has 0 unspecified atom stereocenters. The van der Waals surface area contributed by atoms with Crippen LogP contribution in [0.5, 0.6) is 11.5 Å². The maximum absolute atomic E-state index is 12.1. The molecule has 9 heteroatoms. The Kier molecular flexibility index (Phi) is 6.58. The fraction of sp³-hybridized carbons (Fsp3) is 0.0870. The first-order valence-corrected chi connectivity index (χ1v) is 10.1. The van der Waals surface area contributed by atoms with Crippen LogP contribution in [0.1, 0.15) is 15.9 Å². The van der Waals surface area contributed by atoms with Crippen molar-refractivity contribution in [1.82, 2.24) is 4.98 Å². The Balaban J connectivity index is 1.26. The summed E-state index contributed by atoms with van der Waals surface area (Å²) in [6.07, 6.45) is 1.27. The Hall–Kier alpha value is -3.55. The standard InChI is InChI=1S/C23H15Cl2NO6/c24-16-7-14(8-17(25)10-16)11-29-18-2-4-19(5-3-18)30-12-22(27)32-23(28)15-1-6-21-20(9-15)26-13-31-21/h1-10,13H,11-12H2. The van der Waals surface area contributed by atoms with Crippen LogP contribution in [0.3, 0.4) is 0 Å². The molecule has 0 aliphatic carbocycles. The SMILES string of the molecule is O=C(COc1ccc(OCc2cc(Cl)cc(Cl)c2)cc1)OC(=O)c1ccc2ocnc2c1. The topological polar surface area (TPSA) is 87.9 Å². The van der Waals surface area contributed by atoms with E-state index in [1.165, 1.54) is 18.5 Å². The summed E-state index contributed by atoms with van der Waals surface area (Å²) in [5, 5.41) is 1.06. The van der Waals surface area contributed by atoms with E-state index in [-0.39, 0.29) is 12.2 Å². The number of aromatic nitrogens is 1. The number of benzene rings is 3. The van der Waals surface area contributed by atoms with Gasteiger partial charge in [-0.25, -0.2) is 14.6 Å². The Bertz CT molecular complexity index is 1250. The number of rotatable bonds is 7. The van der Waals surface area contributed by atoms with Crippen molar-refractivity contribution in [2.24, 2.45) is 0 Å². The van der Waals surface area contributed by atoms with Gasteiger partial charge in [0.1, 0.15) is 23.6 Å². The predicted molar refractivity (Wildman–Crippen MR) is 117 cm³/mol. The van der Waals surface area contributed by atoms with E-state index < -0.39 is 18.5 Å². The minimum absolute atomic E-state index is 0.183. The zero-order valence-corrected chi connectivity index (χ0v) is 17.9. The van der Waals surface area contributed by atoms with E-state index in [0.717, 1.165) is 5.56 Å². The number of ether oxygens (including phenoxy) is 3. The van der Waals surface area contributed by atoms with Gasteiger partial charge in [0.25, 0.3) is 0 Å². The quantitative estimate of drug-likeness (QED) is 0.260. The van der Waals surface area contributed by atoms with Gasteiger partial charge in [-0.3, -0.25) is 0 Å². The molecule has 0 bridgehead atoms. The first-order valence-electron chi connectivity index (χ1n) is 9.35. The number of carbonyl (C=O) groups is 2. The largest absolute Gasteiger partial charge is 0.489 e. The fourth-order valence-electron chi connectivity index (χ4n) is 2.81. The van der Waals surface area contributed by atoms with Crippen LogP contribution in [0, 0.1) is 0 Å². The van der Waals surface area contributed by atoms with E-state index in [1.54, 1.807) is 48.5 Å². The highest BCUT2D eigenvalue weighted by molar-refractivity contribution is 6.34. The molecule has 0 fully saturated rings. The lowest BCUT2D eigenvalue weighted by Gasteiger charge is -2.09. The van der Waals surface area contributed by atoms with Crippen molar-refractivity contribution in [2.45, 2.75) is 6.61 Å². The van der Waals surface area contributed by atoms with Gasteiger partial charge in [0.15, 0.2) is 18.6 Å². The average molecular weight is 472 g/mol. The number of halogens is 2. The van der Waals surface area contributed by atoms with Gasteiger partial charge >= 0.3 is 11.9 Å². The molecule has 1 aromatic heterocycles. The van der Waals surface area contributed by atoms with Gasteiger partial charge in [0, 0.05) is 10.0 Å². The molecular weight excluding hydrogens is 457 g/mol. The molecule has 7 nitrogen and oxygen atoms in total. The van der Waals surface area contributed by atoms with Crippen molar-refractivity contribution < 1.29 is 28.2 Å². The van der Waals surface area contributed by atoms with Crippen molar-refractivity contribution in [1.29, 1.82) is 0 Å². The van der Waals surface area contributed by atoms with Gasteiger partial charge < -0.3 is 18.6 Å². The second kappa shape index (κ2) is 9.72. The van der Waals surface area contributed by atoms with Gasteiger partial charge in [0.05, 0.1) is 5.56 Å². The first-order chi connectivity index (χ1) is 15.5. The molecule has 0 spiro atoms. The van der Waals surface area contributed by atoms with Crippen LogP contribution >= 0.6 is 23.2 Å². The number of carbonyl (C=O) groups excluding carboxylic acids is 2. The number of oxazole rings is 1. The molecule has 0 amide bonds. The molecule has 0 saturated carbocycles. The van der Waals surface area contributed by atoms with E-state index in [9.17, 15) is 9.59 Å². The van der Waals surface area contributed by atoms with Gasteiger partial charge in [-0.2, -0.15) is 0 Å². The van der Waals surface area contributed by atoms with E-state index >= 15 is 0 Å². The summed E-state index contributed by atoms with van der Waals surface area (Å²) in [6.45, 7) is -0.145. The second-order valence-corrected chi connectivity index (χ2v) is 7.50. The Morgan fingerprint density at radius 2 is 1.56 bits per heavy atom. The molecular formula is C23H15Cl2NO6. The van der Waals surface area contributed by atoms with Crippen molar-refractivity contribution in [3.05, 3.63) is 88.2 Å². The molecule has 4 rings (SSSR count). The summed E-state index contributed by atoms with van der Waals surface area (Å²) in [5.74, 6) is -0.618. The monoisotopic (exact) mass is 471 g/mol.